The highest BCUT2D eigenvalue weighted by Crippen LogP contribution is 2.48. The number of benzene rings is 18. The van der Waals surface area contributed by atoms with E-state index in [0.717, 1.165) is 67.5 Å². The Bertz CT molecular complexity index is 5760. The molecule has 2 heteroatoms. The van der Waals surface area contributed by atoms with Crippen molar-refractivity contribution in [2.45, 2.75) is 0 Å². The number of hydrogen-bond donors (Lipinski definition) is 0. The fraction of sp³-hybridized carbons (Fsp3) is 0. The van der Waals surface area contributed by atoms with Crippen molar-refractivity contribution in [3.05, 3.63) is 433 Å². The molecule has 0 bridgehead atoms. The molecule has 0 aliphatic heterocycles. The van der Waals surface area contributed by atoms with E-state index in [1.807, 2.05) is 0 Å². The van der Waals surface area contributed by atoms with E-state index in [2.05, 4.69) is 447 Å². The standard InChI is InChI=1S/C104H72N2/c1-5-17-73(18-6-1)29-33-77-37-51-85(52-38-77)105(86-53-39-78(40-54-86)34-30-74-19-7-2-8-20-74)89-59-45-83(46-60-89)93-65-69-101(103-97(93)71-67-95-91-27-15-13-25-81(91)49-63-99(95)103)102-70-66-94(98-72-68-96-92-28-16-14-26-82(92)50-64-100(96)104(98)102)84-47-61-90(62-48-84)106(87-55-41-79(42-56-87)35-31-75-21-9-3-10-22-75)88-57-43-80(44-58-88)36-32-76-23-11-4-12-24-76/h1-72H. The van der Waals surface area contributed by atoms with Gasteiger partial charge in [-0.15, -0.1) is 0 Å². The summed E-state index contributed by atoms with van der Waals surface area (Å²) >= 11 is 0. The van der Waals surface area contributed by atoms with Crippen LogP contribution in [0.3, 0.4) is 0 Å². The second kappa shape index (κ2) is 28.8. The molecule has 0 spiro atoms. The van der Waals surface area contributed by atoms with E-state index in [4.69, 9.17) is 0 Å². The molecule has 0 unspecified atom stereocenters. The molecule has 0 saturated heterocycles. The van der Waals surface area contributed by atoms with Crippen molar-refractivity contribution in [2.24, 2.45) is 0 Å². The Hall–Kier alpha value is -13.9. The number of nitrogens with zero attached hydrogens (tertiary/aromatic N) is 2. The Morgan fingerprint density at radius 2 is 0.368 bits per heavy atom. The highest BCUT2D eigenvalue weighted by atomic mass is 15.1. The molecule has 18 aromatic rings. The van der Waals surface area contributed by atoms with Crippen LogP contribution in [0.15, 0.2) is 388 Å². The van der Waals surface area contributed by atoms with Crippen molar-refractivity contribution in [3.63, 3.8) is 0 Å². The summed E-state index contributed by atoms with van der Waals surface area (Å²) in [5.41, 5.74) is 22.7. The van der Waals surface area contributed by atoms with E-state index in [1.54, 1.807) is 0 Å². The van der Waals surface area contributed by atoms with Crippen LogP contribution in [-0.2, 0) is 0 Å². The van der Waals surface area contributed by atoms with Gasteiger partial charge in [-0.3, -0.25) is 0 Å². The number of hydrogen-bond acceptors (Lipinski definition) is 2. The van der Waals surface area contributed by atoms with Crippen LogP contribution in [0.2, 0.25) is 0 Å². The van der Waals surface area contributed by atoms with Crippen LogP contribution in [0.1, 0.15) is 44.5 Å². The molecule has 0 aliphatic rings. The fourth-order valence-electron chi connectivity index (χ4n) is 15.3. The molecular weight excluding hydrogens is 1280 g/mol. The Balaban J connectivity index is 0.751. The quantitative estimate of drug-likeness (QED) is 0.0662. The first kappa shape index (κ1) is 64.2. The molecule has 498 valence electrons. The van der Waals surface area contributed by atoms with Crippen molar-refractivity contribution in [1.82, 2.24) is 0 Å². The Kier molecular flexibility index (Phi) is 17.5. The lowest BCUT2D eigenvalue weighted by molar-refractivity contribution is 1.28. The molecule has 0 radical (unpaired) electrons. The van der Waals surface area contributed by atoms with E-state index < -0.39 is 0 Å². The van der Waals surface area contributed by atoms with Gasteiger partial charge in [0.25, 0.3) is 0 Å². The fourth-order valence-corrected chi connectivity index (χ4v) is 15.3. The average Bonchev–Trinajstić information content (AvgIpc) is 0.719. The van der Waals surface area contributed by atoms with Crippen LogP contribution in [0, 0.1) is 0 Å². The molecule has 0 atom stereocenters. The summed E-state index contributed by atoms with van der Waals surface area (Å²) in [5, 5.41) is 14.7. The smallest absolute Gasteiger partial charge is 0.0462 e. The Morgan fingerprint density at radius 3 is 0.660 bits per heavy atom. The molecule has 18 aromatic carbocycles. The molecule has 0 aromatic heterocycles. The zero-order valence-corrected chi connectivity index (χ0v) is 58.5. The van der Waals surface area contributed by atoms with Gasteiger partial charge in [-0.2, -0.15) is 0 Å². The van der Waals surface area contributed by atoms with Gasteiger partial charge < -0.3 is 9.80 Å². The summed E-state index contributed by atoms with van der Waals surface area (Å²) in [6.45, 7) is 0. The second-order valence-corrected chi connectivity index (χ2v) is 27.2. The van der Waals surface area contributed by atoms with Gasteiger partial charge in [-0.25, -0.2) is 0 Å². The van der Waals surface area contributed by atoms with Crippen molar-refractivity contribution >= 4 is 147 Å². The molecule has 0 amide bonds. The topological polar surface area (TPSA) is 6.48 Å². The number of anilines is 6. The predicted molar refractivity (Wildman–Crippen MR) is 459 cm³/mol. The van der Waals surface area contributed by atoms with Crippen LogP contribution in [0.25, 0.3) is 147 Å². The summed E-state index contributed by atoms with van der Waals surface area (Å²) < 4.78 is 0. The third kappa shape index (κ3) is 13.0. The summed E-state index contributed by atoms with van der Waals surface area (Å²) in [6.07, 6.45) is 17.4. The Morgan fingerprint density at radius 1 is 0.142 bits per heavy atom. The maximum atomic E-state index is 2.41. The Labute approximate surface area is 619 Å². The molecule has 0 heterocycles. The van der Waals surface area contributed by atoms with Crippen molar-refractivity contribution < 1.29 is 0 Å². The highest BCUT2D eigenvalue weighted by molar-refractivity contribution is 6.28. The average molecular weight is 1350 g/mol. The molecule has 0 fully saturated rings. The van der Waals surface area contributed by atoms with Crippen LogP contribution < -0.4 is 9.80 Å². The van der Waals surface area contributed by atoms with Crippen LogP contribution in [0.4, 0.5) is 34.1 Å². The van der Waals surface area contributed by atoms with E-state index in [1.165, 1.54) is 109 Å². The van der Waals surface area contributed by atoms with Crippen LogP contribution >= 0.6 is 0 Å². The molecule has 0 saturated carbocycles. The normalized spacial score (nSPS) is 11.8. The van der Waals surface area contributed by atoms with Crippen molar-refractivity contribution in [1.29, 1.82) is 0 Å². The van der Waals surface area contributed by atoms with Gasteiger partial charge in [0.15, 0.2) is 0 Å². The molecule has 0 aliphatic carbocycles. The largest absolute Gasteiger partial charge is 0.311 e. The SMILES string of the molecule is C(=Cc1ccc(N(c2ccc(C=Cc3ccccc3)cc2)c2ccc(-c3ccc(-c4ccc(-c5ccc(N(c6ccc(C=Cc7ccccc7)cc6)c6ccc(C=Cc7ccccc7)cc6)cc5)c5ccc6c7ccccc7ccc6c45)c4c3ccc3c5ccccc5ccc34)cc2)cc1)c1ccccc1. The first-order valence-corrected chi connectivity index (χ1v) is 36.4. The van der Waals surface area contributed by atoms with Gasteiger partial charge in [-0.1, -0.05) is 364 Å². The molecule has 18 rings (SSSR count). The zero-order chi connectivity index (χ0) is 70.5. The summed E-state index contributed by atoms with van der Waals surface area (Å²) in [7, 11) is 0. The molecular formula is C104H72N2. The van der Waals surface area contributed by atoms with Gasteiger partial charge >= 0.3 is 0 Å². The molecule has 106 heavy (non-hydrogen) atoms. The van der Waals surface area contributed by atoms with Gasteiger partial charge in [0, 0.05) is 34.1 Å². The van der Waals surface area contributed by atoms with Crippen molar-refractivity contribution in [3.8, 4) is 33.4 Å². The molecule has 2 nitrogen and oxygen atoms in total. The lowest BCUT2D eigenvalue weighted by Gasteiger charge is -2.26. The summed E-state index contributed by atoms with van der Waals surface area (Å²) in [5.74, 6) is 0. The van der Waals surface area contributed by atoms with Crippen LogP contribution in [0.5, 0.6) is 0 Å². The minimum atomic E-state index is 1.07. The number of fused-ring (bicyclic) bond motifs is 10. The van der Waals surface area contributed by atoms with E-state index in [9.17, 15) is 0 Å². The minimum Gasteiger partial charge on any atom is -0.311 e. The van der Waals surface area contributed by atoms with Crippen molar-refractivity contribution in [2.75, 3.05) is 9.80 Å². The van der Waals surface area contributed by atoms with E-state index in [-0.39, 0.29) is 0 Å². The van der Waals surface area contributed by atoms with E-state index >= 15 is 0 Å². The maximum absolute atomic E-state index is 2.41. The third-order valence-corrected chi connectivity index (χ3v) is 20.6. The second-order valence-electron chi connectivity index (χ2n) is 27.2. The predicted octanol–water partition coefficient (Wildman–Crippen LogP) is 29.2. The third-order valence-electron chi connectivity index (χ3n) is 20.6. The highest BCUT2D eigenvalue weighted by Gasteiger charge is 2.22. The lowest BCUT2D eigenvalue weighted by Crippen LogP contribution is -2.09. The number of rotatable bonds is 17. The van der Waals surface area contributed by atoms with E-state index in [0.29, 0.717) is 0 Å². The first-order chi connectivity index (χ1) is 52.5. The van der Waals surface area contributed by atoms with Crippen LogP contribution in [-0.4, -0.2) is 0 Å². The van der Waals surface area contributed by atoms with Gasteiger partial charge in [0.05, 0.1) is 0 Å². The zero-order valence-electron chi connectivity index (χ0n) is 58.5. The minimum absolute atomic E-state index is 1.07. The monoisotopic (exact) mass is 1350 g/mol. The van der Waals surface area contributed by atoms with Gasteiger partial charge in [-0.05, 0) is 215 Å². The lowest BCUT2D eigenvalue weighted by atomic mass is 9.84. The summed E-state index contributed by atoms with van der Waals surface area (Å²) in [6, 6.07) is 142. The maximum Gasteiger partial charge on any atom is 0.0462 e. The first-order valence-electron chi connectivity index (χ1n) is 36.4. The summed E-state index contributed by atoms with van der Waals surface area (Å²) in [4.78, 5) is 4.73. The van der Waals surface area contributed by atoms with Gasteiger partial charge in [0.1, 0.15) is 0 Å². The van der Waals surface area contributed by atoms with Gasteiger partial charge in [0.2, 0.25) is 0 Å². The molecule has 0 N–H and O–H groups in total.